The molecule has 3 amide bonds. The molecule has 8 heteroatoms. The fraction of sp³-hybridized carbons (Fsp3) is 0.423. The highest BCUT2D eigenvalue weighted by Gasteiger charge is 2.32. The van der Waals surface area contributed by atoms with Crippen LogP contribution in [0.1, 0.15) is 59.2 Å². The van der Waals surface area contributed by atoms with Crippen LogP contribution in [0, 0.1) is 26.7 Å². The molecule has 1 aliphatic carbocycles. The van der Waals surface area contributed by atoms with E-state index in [1.54, 1.807) is 6.07 Å². The largest absolute Gasteiger partial charge is 0.467 e. The molecule has 1 aliphatic rings. The van der Waals surface area contributed by atoms with E-state index in [9.17, 15) is 14.4 Å². The molecule has 0 aromatic heterocycles. The van der Waals surface area contributed by atoms with Crippen LogP contribution in [0.2, 0.25) is 5.02 Å². The zero-order valence-electron chi connectivity index (χ0n) is 20.1. The second-order valence-electron chi connectivity index (χ2n) is 8.92. The van der Waals surface area contributed by atoms with E-state index in [2.05, 4.69) is 16.0 Å². The minimum atomic E-state index is -0.743. The van der Waals surface area contributed by atoms with Gasteiger partial charge in [0.2, 0.25) is 0 Å². The van der Waals surface area contributed by atoms with Gasteiger partial charge in [0.25, 0.3) is 5.91 Å². The number of aryl methyl sites for hydroxylation is 3. The first kappa shape index (κ1) is 25.6. The zero-order valence-corrected chi connectivity index (χ0v) is 20.8. The summed E-state index contributed by atoms with van der Waals surface area (Å²) in [6.45, 7) is 5.84. The number of halogens is 1. The molecule has 34 heavy (non-hydrogen) atoms. The summed E-state index contributed by atoms with van der Waals surface area (Å²) in [6.07, 6.45) is 4.85. The van der Waals surface area contributed by atoms with Crippen molar-refractivity contribution < 1.29 is 19.1 Å². The Hall–Kier alpha value is -3.06. The van der Waals surface area contributed by atoms with Crippen molar-refractivity contribution in [2.24, 2.45) is 5.92 Å². The predicted molar refractivity (Wildman–Crippen MR) is 135 cm³/mol. The van der Waals surface area contributed by atoms with Gasteiger partial charge in [-0.2, -0.15) is 0 Å². The highest BCUT2D eigenvalue weighted by atomic mass is 35.5. The number of rotatable bonds is 6. The van der Waals surface area contributed by atoms with Crippen LogP contribution in [0.15, 0.2) is 30.3 Å². The second kappa shape index (κ2) is 11.4. The van der Waals surface area contributed by atoms with Gasteiger partial charge in [-0.15, -0.1) is 0 Å². The summed E-state index contributed by atoms with van der Waals surface area (Å²) < 4.78 is 4.96. The SMILES string of the molecule is COC(=O)[C@@H](NC(=O)c1ccc(Cl)cc1NC(=O)Nc1c(C)cc(C)cc1C)C1CCCCC1. The quantitative estimate of drug-likeness (QED) is 0.453. The molecule has 182 valence electrons. The average molecular weight is 486 g/mol. The summed E-state index contributed by atoms with van der Waals surface area (Å²) in [5.74, 6) is -0.924. The van der Waals surface area contributed by atoms with Crippen LogP contribution >= 0.6 is 11.6 Å². The first-order valence-electron chi connectivity index (χ1n) is 11.5. The topological polar surface area (TPSA) is 96.5 Å². The lowest BCUT2D eigenvalue weighted by atomic mass is 9.83. The molecule has 0 bridgehead atoms. The molecule has 2 aromatic rings. The summed E-state index contributed by atoms with van der Waals surface area (Å²) in [7, 11) is 1.32. The van der Waals surface area contributed by atoms with E-state index < -0.39 is 23.9 Å². The summed E-state index contributed by atoms with van der Waals surface area (Å²) in [4.78, 5) is 38.5. The van der Waals surface area contributed by atoms with Crippen LogP contribution in [0.4, 0.5) is 16.2 Å². The fourth-order valence-corrected chi connectivity index (χ4v) is 4.82. The number of esters is 1. The van der Waals surface area contributed by atoms with Crippen molar-refractivity contribution in [1.29, 1.82) is 0 Å². The Morgan fingerprint density at radius 3 is 2.24 bits per heavy atom. The van der Waals surface area contributed by atoms with Crippen molar-refractivity contribution in [3.63, 3.8) is 0 Å². The molecular formula is C26H32ClN3O4. The van der Waals surface area contributed by atoms with E-state index >= 15 is 0 Å². The number of carbonyl (C=O) groups excluding carboxylic acids is 3. The number of anilines is 2. The maximum atomic E-state index is 13.2. The number of amides is 3. The molecule has 0 saturated heterocycles. The normalized spacial score (nSPS) is 14.7. The first-order valence-corrected chi connectivity index (χ1v) is 11.9. The van der Waals surface area contributed by atoms with Crippen molar-refractivity contribution in [2.75, 3.05) is 17.7 Å². The molecular weight excluding hydrogens is 454 g/mol. The van der Waals surface area contributed by atoms with Crippen molar-refractivity contribution in [1.82, 2.24) is 5.32 Å². The van der Waals surface area contributed by atoms with Gasteiger partial charge in [0, 0.05) is 10.7 Å². The van der Waals surface area contributed by atoms with Crippen LogP contribution in [0.25, 0.3) is 0 Å². The number of methoxy groups -OCH3 is 1. The van der Waals surface area contributed by atoms with E-state index in [-0.39, 0.29) is 17.2 Å². The van der Waals surface area contributed by atoms with Crippen LogP contribution < -0.4 is 16.0 Å². The van der Waals surface area contributed by atoms with E-state index in [4.69, 9.17) is 16.3 Å². The Balaban J connectivity index is 1.80. The molecule has 0 aliphatic heterocycles. The van der Waals surface area contributed by atoms with E-state index in [0.717, 1.165) is 48.8 Å². The highest BCUT2D eigenvalue weighted by Crippen LogP contribution is 2.28. The molecule has 3 N–H and O–H groups in total. The van der Waals surface area contributed by atoms with E-state index in [0.29, 0.717) is 10.7 Å². The maximum absolute atomic E-state index is 13.2. The Morgan fingerprint density at radius 1 is 0.971 bits per heavy atom. The molecule has 1 saturated carbocycles. The van der Waals surface area contributed by atoms with Crippen LogP contribution in [-0.2, 0) is 9.53 Å². The van der Waals surface area contributed by atoms with E-state index in [1.807, 2.05) is 32.9 Å². The van der Waals surface area contributed by atoms with Gasteiger partial charge in [-0.1, -0.05) is 48.6 Å². The zero-order chi connectivity index (χ0) is 24.8. The third-order valence-corrected chi connectivity index (χ3v) is 6.49. The summed E-state index contributed by atoms with van der Waals surface area (Å²) in [6, 6.07) is 7.35. The second-order valence-corrected chi connectivity index (χ2v) is 9.35. The third-order valence-electron chi connectivity index (χ3n) is 6.25. The Bertz CT molecular complexity index is 1060. The number of ether oxygens (including phenoxy) is 1. The van der Waals surface area contributed by atoms with Crippen molar-refractivity contribution in [3.8, 4) is 0 Å². The van der Waals surface area contributed by atoms with Gasteiger partial charge in [0.05, 0.1) is 18.4 Å². The lowest BCUT2D eigenvalue weighted by molar-refractivity contribution is -0.144. The highest BCUT2D eigenvalue weighted by molar-refractivity contribution is 6.31. The Kier molecular flexibility index (Phi) is 8.56. The van der Waals surface area contributed by atoms with Gasteiger partial charge >= 0.3 is 12.0 Å². The van der Waals surface area contributed by atoms with Gasteiger partial charge in [-0.3, -0.25) is 4.79 Å². The van der Waals surface area contributed by atoms with E-state index in [1.165, 1.54) is 19.2 Å². The molecule has 0 spiro atoms. The summed E-state index contributed by atoms with van der Waals surface area (Å²) in [5.41, 5.74) is 4.14. The molecule has 7 nitrogen and oxygen atoms in total. The summed E-state index contributed by atoms with van der Waals surface area (Å²) >= 11 is 6.16. The van der Waals surface area contributed by atoms with Gasteiger partial charge in [-0.25, -0.2) is 9.59 Å². The monoisotopic (exact) mass is 485 g/mol. The predicted octanol–water partition coefficient (Wildman–Crippen LogP) is 5.76. The molecule has 1 fully saturated rings. The lowest BCUT2D eigenvalue weighted by Crippen LogP contribution is -2.47. The number of hydrogen-bond donors (Lipinski definition) is 3. The summed E-state index contributed by atoms with van der Waals surface area (Å²) in [5, 5.41) is 8.79. The standard InChI is InChI=1S/C26H32ClN3O4/c1-15-12-16(2)22(17(3)13-15)30-26(33)28-21-14-19(27)10-11-20(21)24(31)29-23(25(32)34-4)18-8-6-5-7-9-18/h10-14,18,23H,5-9H2,1-4H3,(H,29,31)(H2,28,30,33)/t23-/m0/s1. The smallest absolute Gasteiger partial charge is 0.328 e. The number of nitrogens with one attached hydrogen (secondary N) is 3. The molecule has 3 rings (SSSR count). The van der Waals surface area contributed by atoms with Crippen LogP contribution in [-0.4, -0.2) is 31.1 Å². The Morgan fingerprint density at radius 2 is 1.62 bits per heavy atom. The van der Waals surface area contributed by atoms with Crippen molar-refractivity contribution in [2.45, 2.75) is 58.9 Å². The molecule has 0 heterocycles. The van der Waals surface area contributed by atoms with Crippen LogP contribution in [0.5, 0.6) is 0 Å². The number of hydrogen-bond acceptors (Lipinski definition) is 4. The molecule has 2 aromatic carbocycles. The van der Waals surface area contributed by atoms with Crippen molar-refractivity contribution in [3.05, 3.63) is 57.6 Å². The maximum Gasteiger partial charge on any atom is 0.328 e. The number of benzene rings is 2. The van der Waals surface area contributed by atoms with Crippen LogP contribution in [0.3, 0.4) is 0 Å². The molecule has 0 unspecified atom stereocenters. The molecule has 0 radical (unpaired) electrons. The van der Waals surface area contributed by atoms with Gasteiger partial charge in [-0.05, 0) is 68.9 Å². The number of carbonyl (C=O) groups is 3. The third kappa shape index (κ3) is 6.29. The fourth-order valence-electron chi connectivity index (χ4n) is 4.64. The van der Waals surface area contributed by atoms with Crippen molar-refractivity contribution >= 4 is 40.9 Å². The van der Waals surface area contributed by atoms with Gasteiger partial charge in [0.1, 0.15) is 6.04 Å². The minimum Gasteiger partial charge on any atom is -0.467 e. The molecule has 1 atom stereocenters. The van der Waals surface area contributed by atoms with Gasteiger partial charge < -0.3 is 20.7 Å². The average Bonchev–Trinajstić information content (AvgIpc) is 2.80. The Labute approximate surface area is 205 Å². The first-order chi connectivity index (χ1) is 16.2. The van der Waals surface area contributed by atoms with Gasteiger partial charge in [0.15, 0.2) is 0 Å². The number of urea groups is 1. The minimum absolute atomic E-state index is 0.0182. The lowest BCUT2D eigenvalue weighted by Gasteiger charge is -2.29.